The van der Waals surface area contributed by atoms with E-state index in [0.29, 0.717) is 6.42 Å². The summed E-state index contributed by atoms with van der Waals surface area (Å²) in [7, 11) is 0. The number of hydrogen-bond acceptors (Lipinski definition) is 4. The molecule has 2 atom stereocenters. The maximum atomic E-state index is 11.4. The van der Waals surface area contributed by atoms with Gasteiger partial charge in [0.15, 0.2) is 0 Å². The highest BCUT2D eigenvalue weighted by Crippen LogP contribution is 2.14. The van der Waals surface area contributed by atoms with Crippen LogP contribution < -0.4 is 0 Å². The van der Waals surface area contributed by atoms with Crippen LogP contribution in [-0.4, -0.2) is 34.5 Å². The number of ether oxygens (including phenoxy) is 1. The van der Waals surface area contributed by atoms with Gasteiger partial charge in [0, 0.05) is 6.42 Å². The molecule has 0 radical (unpaired) electrons. The molecule has 0 aliphatic carbocycles. The Hall–Kier alpha value is -0.610. The van der Waals surface area contributed by atoms with E-state index in [9.17, 15) is 15.0 Å². The zero-order chi connectivity index (χ0) is 19.6. The lowest BCUT2D eigenvalue weighted by Gasteiger charge is -2.12. The molecule has 2 N–H and O–H groups in total. The minimum Gasteiger partial charge on any atom is -0.463 e. The normalized spacial score (nSPS) is 13.8. The standard InChI is InChI=1S/C22H44O4/c1-19(2)26-22(25)18-16-14-12-10-8-6-4-5-7-9-11-13-15-17-21(24)20(3)23/h19-21,23-24H,4-18H2,1-3H3. The monoisotopic (exact) mass is 372 g/mol. The molecule has 26 heavy (non-hydrogen) atoms. The zero-order valence-electron chi connectivity index (χ0n) is 17.5. The third kappa shape index (κ3) is 18.2. The van der Waals surface area contributed by atoms with Crippen molar-refractivity contribution >= 4 is 5.97 Å². The molecule has 0 aromatic heterocycles. The van der Waals surface area contributed by atoms with Crippen molar-refractivity contribution in [1.29, 1.82) is 0 Å². The molecule has 0 aliphatic heterocycles. The molecule has 0 aromatic carbocycles. The molecule has 0 aliphatic rings. The van der Waals surface area contributed by atoms with Gasteiger partial charge in [0.1, 0.15) is 0 Å². The van der Waals surface area contributed by atoms with E-state index in [0.717, 1.165) is 32.1 Å². The molecule has 0 spiro atoms. The Morgan fingerprint density at radius 2 is 1.08 bits per heavy atom. The van der Waals surface area contributed by atoms with Crippen LogP contribution in [0.3, 0.4) is 0 Å². The van der Waals surface area contributed by atoms with Gasteiger partial charge in [-0.05, 0) is 33.6 Å². The minimum atomic E-state index is -0.601. The molecule has 156 valence electrons. The Morgan fingerprint density at radius 3 is 1.46 bits per heavy atom. The number of hydrogen-bond donors (Lipinski definition) is 2. The zero-order valence-corrected chi connectivity index (χ0v) is 17.5. The maximum Gasteiger partial charge on any atom is 0.306 e. The molecule has 0 amide bonds. The highest BCUT2D eigenvalue weighted by molar-refractivity contribution is 5.69. The van der Waals surface area contributed by atoms with Crippen LogP contribution in [0.1, 0.15) is 117 Å². The number of carbonyl (C=O) groups is 1. The molecule has 0 aromatic rings. The Kier molecular flexibility index (Phi) is 17.4. The van der Waals surface area contributed by atoms with Crippen LogP contribution in [0.15, 0.2) is 0 Å². The molecule has 0 rings (SSSR count). The highest BCUT2D eigenvalue weighted by Gasteiger charge is 2.09. The van der Waals surface area contributed by atoms with E-state index in [1.807, 2.05) is 13.8 Å². The van der Waals surface area contributed by atoms with Gasteiger partial charge in [-0.1, -0.05) is 77.0 Å². The predicted octanol–water partition coefficient (Wildman–Crippen LogP) is 5.53. The van der Waals surface area contributed by atoms with Crippen LogP contribution in [0.4, 0.5) is 0 Å². The largest absolute Gasteiger partial charge is 0.463 e. The Labute approximate surface area is 161 Å². The fourth-order valence-corrected chi connectivity index (χ4v) is 3.13. The third-order valence-electron chi connectivity index (χ3n) is 4.80. The number of carbonyl (C=O) groups excluding carboxylic acids is 1. The van der Waals surface area contributed by atoms with Crippen LogP contribution >= 0.6 is 0 Å². The third-order valence-corrected chi connectivity index (χ3v) is 4.80. The summed E-state index contributed by atoms with van der Waals surface area (Å²) < 4.78 is 5.12. The molecule has 0 fully saturated rings. The van der Waals surface area contributed by atoms with Crippen LogP contribution in [0.25, 0.3) is 0 Å². The first-order valence-corrected chi connectivity index (χ1v) is 11.0. The number of unbranched alkanes of at least 4 members (excludes halogenated alkanes) is 12. The van der Waals surface area contributed by atoms with Gasteiger partial charge in [-0.15, -0.1) is 0 Å². The first-order chi connectivity index (χ1) is 12.4. The van der Waals surface area contributed by atoms with Crippen molar-refractivity contribution in [2.45, 2.75) is 135 Å². The van der Waals surface area contributed by atoms with Crippen LogP contribution in [-0.2, 0) is 9.53 Å². The molecule has 0 bridgehead atoms. The summed E-state index contributed by atoms with van der Waals surface area (Å²) in [6.45, 7) is 5.43. The summed E-state index contributed by atoms with van der Waals surface area (Å²) in [5.41, 5.74) is 0. The van der Waals surface area contributed by atoms with Gasteiger partial charge in [-0.25, -0.2) is 0 Å². The molecule has 0 saturated carbocycles. The minimum absolute atomic E-state index is 0.00507. The average molecular weight is 373 g/mol. The Balaban J connectivity index is 3.15. The van der Waals surface area contributed by atoms with Gasteiger partial charge in [-0.3, -0.25) is 4.79 Å². The molecule has 4 nitrogen and oxygen atoms in total. The quantitative estimate of drug-likeness (QED) is 0.245. The molecule has 0 heterocycles. The van der Waals surface area contributed by atoms with Gasteiger partial charge in [-0.2, -0.15) is 0 Å². The Bertz CT molecular complexity index is 315. The number of esters is 1. The van der Waals surface area contributed by atoms with E-state index in [4.69, 9.17) is 4.74 Å². The number of rotatable bonds is 18. The Morgan fingerprint density at radius 1 is 0.692 bits per heavy atom. The van der Waals surface area contributed by atoms with Gasteiger partial charge in [0.25, 0.3) is 0 Å². The summed E-state index contributed by atoms with van der Waals surface area (Å²) >= 11 is 0. The van der Waals surface area contributed by atoms with E-state index >= 15 is 0 Å². The second-order valence-electron chi connectivity index (χ2n) is 7.98. The van der Waals surface area contributed by atoms with E-state index in [1.54, 1.807) is 6.92 Å². The van der Waals surface area contributed by atoms with Crippen LogP contribution in [0.5, 0.6) is 0 Å². The van der Waals surface area contributed by atoms with Crippen molar-refractivity contribution in [3.05, 3.63) is 0 Å². The van der Waals surface area contributed by atoms with Crippen molar-refractivity contribution in [2.75, 3.05) is 0 Å². The maximum absolute atomic E-state index is 11.4. The molecular formula is C22H44O4. The van der Waals surface area contributed by atoms with E-state index in [1.165, 1.54) is 57.8 Å². The molecule has 2 unspecified atom stereocenters. The van der Waals surface area contributed by atoms with Crippen LogP contribution in [0.2, 0.25) is 0 Å². The summed E-state index contributed by atoms with van der Waals surface area (Å²) in [5, 5.41) is 18.7. The summed E-state index contributed by atoms with van der Waals surface area (Å²) in [4.78, 5) is 11.4. The van der Waals surface area contributed by atoms with Gasteiger partial charge >= 0.3 is 5.97 Å². The van der Waals surface area contributed by atoms with Gasteiger partial charge in [0.2, 0.25) is 0 Å². The first-order valence-electron chi connectivity index (χ1n) is 11.0. The highest BCUT2D eigenvalue weighted by atomic mass is 16.5. The lowest BCUT2D eigenvalue weighted by atomic mass is 10.0. The summed E-state index contributed by atoms with van der Waals surface area (Å²) in [6, 6.07) is 0. The average Bonchev–Trinajstić information content (AvgIpc) is 2.57. The molecular weight excluding hydrogens is 328 g/mol. The van der Waals surface area contributed by atoms with Gasteiger partial charge in [0.05, 0.1) is 18.3 Å². The summed E-state index contributed by atoms with van der Waals surface area (Å²) in [6.07, 6.45) is 16.1. The van der Waals surface area contributed by atoms with Crippen molar-refractivity contribution < 1.29 is 19.7 Å². The first kappa shape index (κ1) is 25.4. The SMILES string of the molecule is CC(C)OC(=O)CCCCCCCCCCCCCCCC(O)C(C)O. The fourth-order valence-electron chi connectivity index (χ4n) is 3.13. The van der Waals surface area contributed by atoms with Crippen molar-refractivity contribution in [3.63, 3.8) is 0 Å². The smallest absolute Gasteiger partial charge is 0.306 e. The number of aliphatic hydroxyl groups excluding tert-OH is 2. The second-order valence-corrected chi connectivity index (χ2v) is 7.98. The van der Waals surface area contributed by atoms with Crippen molar-refractivity contribution in [3.8, 4) is 0 Å². The van der Waals surface area contributed by atoms with Gasteiger partial charge < -0.3 is 14.9 Å². The van der Waals surface area contributed by atoms with E-state index in [-0.39, 0.29) is 12.1 Å². The molecule has 0 saturated heterocycles. The lowest BCUT2D eigenvalue weighted by molar-refractivity contribution is -0.147. The molecule has 4 heteroatoms. The van der Waals surface area contributed by atoms with E-state index < -0.39 is 12.2 Å². The number of aliphatic hydroxyl groups is 2. The fraction of sp³-hybridized carbons (Fsp3) is 0.955. The second kappa shape index (κ2) is 17.8. The van der Waals surface area contributed by atoms with Crippen molar-refractivity contribution in [1.82, 2.24) is 0 Å². The van der Waals surface area contributed by atoms with E-state index in [2.05, 4.69) is 0 Å². The predicted molar refractivity (Wildman–Crippen MR) is 108 cm³/mol. The summed E-state index contributed by atoms with van der Waals surface area (Å²) in [5.74, 6) is -0.0564. The lowest BCUT2D eigenvalue weighted by Crippen LogP contribution is -2.21. The topological polar surface area (TPSA) is 66.8 Å². The van der Waals surface area contributed by atoms with Crippen molar-refractivity contribution in [2.24, 2.45) is 0 Å². The van der Waals surface area contributed by atoms with Crippen LogP contribution in [0, 0.1) is 0 Å².